The van der Waals surface area contributed by atoms with Crippen molar-refractivity contribution in [1.82, 2.24) is 10.2 Å². The van der Waals surface area contributed by atoms with E-state index in [1.165, 1.54) is 32.2 Å². The van der Waals surface area contributed by atoms with Crippen molar-refractivity contribution in [2.24, 2.45) is 17.3 Å². The van der Waals surface area contributed by atoms with Crippen molar-refractivity contribution in [3.63, 3.8) is 0 Å². The van der Waals surface area contributed by atoms with Gasteiger partial charge >= 0.3 is 0 Å². The summed E-state index contributed by atoms with van der Waals surface area (Å²) in [5.41, 5.74) is 0.448. The van der Waals surface area contributed by atoms with E-state index in [-0.39, 0.29) is 0 Å². The highest BCUT2D eigenvalue weighted by molar-refractivity contribution is 4.90. The van der Waals surface area contributed by atoms with Crippen LogP contribution >= 0.6 is 0 Å². The Labute approximate surface area is 132 Å². The van der Waals surface area contributed by atoms with Crippen molar-refractivity contribution in [3.05, 3.63) is 0 Å². The minimum atomic E-state index is 0.448. The summed E-state index contributed by atoms with van der Waals surface area (Å²) in [5.74, 6) is 1.58. The molecule has 1 saturated carbocycles. The van der Waals surface area contributed by atoms with Gasteiger partial charge in [0.25, 0.3) is 0 Å². The minimum Gasteiger partial charge on any atom is -0.383 e. The van der Waals surface area contributed by atoms with E-state index in [1.807, 2.05) is 0 Å². The Morgan fingerprint density at radius 3 is 2.62 bits per heavy atom. The van der Waals surface area contributed by atoms with Crippen molar-refractivity contribution in [1.29, 1.82) is 0 Å². The lowest BCUT2D eigenvalue weighted by molar-refractivity contribution is 0.0639. The maximum absolute atomic E-state index is 5.16. The molecule has 3 nitrogen and oxygen atoms in total. The molecule has 1 N–H and O–H groups in total. The molecular weight excluding hydrogens is 260 g/mol. The molecule has 3 heteroatoms. The molecule has 1 rings (SSSR count). The van der Waals surface area contributed by atoms with Gasteiger partial charge in [0.05, 0.1) is 6.61 Å². The number of nitrogens with one attached hydrogen (secondary N) is 1. The molecule has 0 bridgehead atoms. The average Bonchev–Trinajstić information content (AvgIpc) is 2.42. The van der Waals surface area contributed by atoms with Gasteiger partial charge in [0.1, 0.15) is 0 Å². The summed E-state index contributed by atoms with van der Waals surface area (Å²) in [7, 11) is 4.08. The smallest absolute Gasteiger partial charge is 0.0587 e. The second-order valence-corrected chi connectivity index (χ2v) is 7.77. The molecule has 0 radical (unpaired) electrons. The van der Waals surface area contributed by atoms with Crippen molar-refractivity contribution in [3.8, 4) is 0 Å². The molecular formula is C18H38N2O. The van der Waals surface area contributed by atoms with E-state index in [1.54, 1.807) is 7.11 Å². The quantitative estimate of drug-likeness (QED) is 0.660. The van der Waals surface area contributed by atoms with Crippen LogP contribution in [0.2, 0.25) is 0 Å². The van der Waals surface area contributed by atoms with Gasteiger partial charge in [0.15, 0.2) is 0 Å². The molecule has 3 unspecified atom stereocenters. The largest absolute Gasteiger partial charge is 0.383 e. The molecule has 0 spiro atoms. The van der Waals surface area contributed by atoms with Crippen LogP contribution in [0.25, 0.3) is 0 Å². The third kappa shape index (κ3) is 6.25. The number of hydrogen-bond donors (Lipinski definition) is 1. The van der Waals surface area contributed by atoms with Gasteiger partial charge in [0.2, 0.25) is 0 Å². The lowest BCUT2D eigenvalue weighted by atomic mass is 9.69. The first-order valence-corrected chi connectivity index (χ1v) is 8.80. The van der Waals surface area contributed by atoms with E-state index in [0.717, 1.165) is 31.5 Å². The predicted molar refractivity (Wildman–Crippen MR) is 91.7 cm³/mol. The van der Waals surface area contributed by atoms with E-state index in [2.05, 4.69) is 45.0 Å². The van der Waals surface area contributed by atoms with Gasteiger partial charge in [-0.1, -0.05) is 33.6 Å². The second kappa shape index (κ2) is 9.12. The lowest BCUT2D eigenvalue weighted by Gasteiger charge is -2.44. The van der Waals surface area contributed by atoms with Crippen LogP contribution < -0.4 is 5.32 Å². The number of nitrogens with zero attached hydrogens (tertiary/aromatic N) is 1. The van der Waals surface area contributed by atoms with Crippen molar-refractivity contribution < 1.29 is 4.74 Å². The molecule has 1 aliphatic rings. The van der Waals surface area contributed by atoms with Crippen LogP contribution in [0.4, 0.5) is 0 Å². The first kappa shape index (κ1) is 18.9. The predicted octanol–water partition coefficient (Wildman–Crippen LogP) is 3.40. The number of ether oxygens (including phenoxy) is 1. The van der Waals surface area contributed by atoms with Crippen LogP contribution in [-0.4, -0.2) is 51.3 Å². The van der Waals surface area contributed by atoms with Crippen LogP contribution in [0.5, 0.6) is 0 Å². The van der Waals surface area contributed by atoms with Crippen molar-refractivity contribution in [2.45, 2.75) is 59.4 Å². The molecule has 1 aliphatic carbocycles. The van der Waals surface area contributed by atoms with Crippen LogP contribution in [0.3, 0.4) is 0 Å². The molecule has 0 aliphatic heterocycles. The average molecular weight is 299 g/mol. The van der Waals surface area contributed by atoms with Gasteiger partial charge in [-0.3, -0.25) is 0 Å². The summed E-state index contributed by atoms with van der Waals surface area (Å²) < 4.78 is 5.16. The monoisotopic (exact) mass is 298 g/mol. The Kier molecular flexibility index (Phi) is 8.22. The van der Waals surface area contributed by atoms with Crippen molar-refractivity contribution in [2.75, 3.05) is 40.4 Å². The lowest BCUT2D eigenvalue weighted by Crippen LogP contribution is -2.49. The van der Waals surface area contributed by atoms with Crippen LogP contribution in [-0.2, 0) is 4.74 Å². The molecule has 1 fully saturated rings. The fraction of sp³-hybridized carbons (Fsp3) is 1.00. The SMILES string of the molecule is COCCNCC1(CN(C)C(C)C(C)C)CCCC(C)C1. The normalized spacial score (nSPS) is 28.3. The third-order valence-electron chi connectivity index (χ3n) is 5.41. The van der Waals surface area contributed by atoms with Gasteiger partial charge < -0.3 is 15.0 Å². The summed E-state index contributed by atoms with van der Waals surface area (Å²) in [6, 6.07) is 0.651. The maximum Gasteiger partial charge on any atom is 0.0587 e. The molecule has 3 atom stereocenters. The summed E-state index contributed by atoms with van der Waals surface area (Å²) >= 11 is 0. The van der Waals surface area contributed by atoms with Crippen molar-refractivity contribution >= 4 is 0 Å². The topological polar surface area (TPSA) is 24.5 Å². The minimum absolute atomic E-state index is 0.448. The first-order chi connectivity index (χ1) is 9.90. The molecule has 21 heavy (non-hydrogen) atoms. The maximum atomic E-state index is 5.16. The van der Waals surface area contributed by atoms with Crippen LogP contribution in [0.1, 0.15) is 53.4 Å². The van der Waals surface area contributed by atoms with Crippen LogP contribution in [0, 0.1) is 17.3 Å². The Hall–Kier alpha value is -0.120. The molecule has 0 aromatic heterocycles. The highest BCUT2D eigenvalue weighted by Crippen LogP contribution is 2.40. The third-order valence-corrected chi connectivity index (χ3v) is 5.41. The van der Waals surface area contributed by atoms with Gasteiger partial charge in [0, 0.05) is 32.8 Å². The Morgan fingerprint density at radius 1 is 1.33 bits per heavy atom. The highest BCUT2D eigenvalue weighted by Gasteiger charge is 2.36. The molecule has 0 heterocycles. The molecule has 0 saturated heterocycles. The summed E-state index contributed by atoms with van der Waals surface area (Å²) in [5, 5.41) is 3.64. The fourth-order valence-electron chi connectivity index (χ4n) is 3.84. The van der Waals surface area contributed by atoms with E-state index < -0.39 is 0 Å². The van der Waals surface area contributed by atoms with Gasteiger partial charge in [-0.05, 0) is 44.1 Å². The summed E-state index contributed by atoms with van der Waals surface area (Å²) in [6.07, 6.45) is 5.52. The van der Waals surface area contributed by atoms with E-state index in [0.29, 0.717) is 11.5 Å². The fourth-order valence-corrected chi connectivity index (χ4v) is 3.84. The zero-order valence-corrected chi connectivity index (χ0v) is 15.2. The summed E-state index contributed by atoms with van der Waals surface area (Å²) in [4.78, 5) is 2.58. The molecule has 0 aromatic rings. The first-order valence-electron chi connectivity index (χ1n) is 8.80. The zero-order chi connectivity index (χ0) is 15.9. The Balaban J connectivity index is 2.62. The van der Waals surface area contributed by atoms with Gasteiger partial charge in [-0.2, -0.15) is 0 Å². The Bertz CT molecular complexity index is 282. The van der Waals surface area contributed by atoms with E-state index in [9.17, 15) is 0 Å². The van der Waals surface area contributed by atoms with E-state index in [4.69, 9.17) is 4.74 Å². The molecule has 126 valence electrons. The van der Waals surface area contributed by atoms with Gasteiger partial charge in [-0.15, -0.1) is 0 Å². The zero-order valence-electron chi connectivity index (χ0n) is 15.2. The molecule has 0 amide bonds. The number of methoxy groups -OCH3 is 1. The van der Waals surface area contributed by atoms with E-state index >= 15 is 0 Å². The second-order valence-electron chi connectivity index (χ2n) is 7.77. The summed E-state index contributed by atoms with van der Waals surface area (Å²) in [6.45, 7) is 13.6. The standard InChI is InChI=1S/C18H38N2O/c1-15(2)17(4)20(5)14-18(13-19-10-11-21-6)9-7-8-16(3)12-18/h15-17,19H,7-14H2,1-6H3. The number of hydrogen-bond acceptors (Lipinski definition) is 3. The number of rotatable bonds is 9. The molecule has 0 aromatic carbocycles. The highest BCUT2D eigenvalue weighted by atomic mass is 16.5. The van der Waals surface area contributed by atoms with Crippen LogP contribution in [0.15, 0.2) is 0 Å². The van der Waals surface area contributed by atoms with Gasteiger partial charge in [-0.25, -0.2) is 0 Å². The Morgan fingerprint density at radius 2 is 2.05 bits per heavy atom.